The Hall–Kier alpha value is -2.33. The van der Waals surface area contributed by atoms with Gasteiger partial charge >= 0.3 is 0 Å². The average molecular weight is 429 g/mol. The van der Waals surface area contributed by atoms with Gasteiger partial charge in [-0.05, 0) is 61.9 Å². The highest BCUT2D eigenvalue weighted by molar-refractivity contribution is 6.30. The summed E-state index contributed by atoms with van der Waals surface area (Å²) in [7, 11) is 0. The molecular weight excluding hydrogens is 396 g/mol. The molecule has 0 aliphatic heterocycles. The van der Waals surface area contributed by atoms with Crippen LogP contribution in [-0.4, -0.2) is 28.8 Å². The van der Waals surface area contributed by atoms with Crippen LogP contribution in [0.25, 0.3) is 0 Å². The minimum absolute atomic E-state index is 0.0183. The molecule has 162 valence electrons. The molecule has 0 aromatic heterocycles. The van der Waals surface area contributed by atoms with Crippen molar-refractivity contribution in [2.45, 2.75) is 72.0 Å². The highest BCUT2D eigenvalue weighted by atomic mass is 35.5. The Kier molecular flexibility index (Phi) is 9.38. The lowest BCUT2D eigenvalue weighted by Crippen LogP contribution is -2.50. The molecule has 4 nitrogen and oxygen atoms in total. The van der Waals surface area contributed by atoms with E-state index >= 15 is 0 Å². The van der Waals surface area contributed by atoms with E-state index in [1.165, 1.54) is 5.56 Å². The van der Waals surface area contributed by atoms with E-state index in [2.05, 4.69) is 36.5 Å². The number of amides is 2. The van der Waals surface area contributed by atoms with E-state index in [1.807, 2.05) is 45.0 Å². The minimum atomic E-state index is -0.502. The van der Waals surface area contributed by atoms with E-state index in [9.17, 15) is 9.59 Å². The average Bonchev–Trinajstić information content (AvgIpc) is 2.73. The second-order valence-corrected chi connectivity index (χ2v) is 8.34. The Morgan fingerprint density at radius 1 is 0.933 bits per heavy atom. The normalized spacial score (nSPS) is 11.9. The fourth-order valence-corrected chi connectivity index (χ4v) is 3.55. The first-order chi connectivity index (χ1) is 14.3. The molecule has 1 atom stereocenters. The van der Waals surface area contributed by atoms with Gasteiger partial charge in [0.15, 0.2) is 0 Å². The first-order valence-electron chi connectivity index (χ1n) is 10.8. The quantitative estimate of drug-likeness (QED) is 0.567. The van der Waals surface area contributed by atoms with Gasteiger partial charge in [-0.25, -0.2) is 0 Å². The van der Waals surface area contributed by atoms with Gasteiger partial charge in [-0.2, -0.15) is 0 Å². The number of aryl methyl sites for hydroxylation is 2. The summed E-state index contributed by atoms with van der Waals surface area (Å²) in [5.41, 5.74) is 3.37. The molecule has 0 radical (unpaired) electrons. The van der Waals surface area contributed by atoms with Crippen molar-refractivity contribution in [3.63, 3.8) is 0 Å². The van der Waals surface area contributed by atoms with E-state index in [4.69, 9.17) is 11.6 Å². The molecule has 0 saturated heterocycles. The Labute approximate surface area is 185 Å². The lowest BCUT2D eigenvalue weighted by Gasteiger charge is -2.31. The van der Waals surface area contributed by atoms with Crippen LogP contribution in [0.5, 0.6) is 0 Å². The van der Waals surface area contributed by atoms with Crippen molar-refractivity contribution in [3.8, 4) is 0 Å². The molecule has 2 amide bonds. The first kappa shape index (κ1) is 23.9. The molecule has 0 aliphatic rings. The van der Waals surface area contributed by atoms with Crippen molar-refractivity contribution >= 4 is 23.4 Å². The topological polar surface area (TPSA) is 49.4 Å². The summed E-state index contributed by atoms with van der Waals surface area (Å²) in [6.45, 7) is 8.30. The first-order valence-corrected chi connectivity index (χ1v) is 11.1. The fraction of sp³-hybridized carbons (Fsp3) is 0.440. The van der Waals surface area contributed by atoms with Gasteiger partial charge in [-0.15, -0.1) is 0 Å². The van der Waals surface area contributed by atoms with Gasteiger partial charge in [-0.1, -0.05) is 61.8 Å². The van der Waals surface area contributed by atoms with Gasteiger partial charge in [0.25, 0.3) is 0 Å². The molecule has 0 unspecified atom stereocenters. The van der Waals surface area contributed by atoms with Crippen molar-refractivity contribution in [2.75, 3.05) is 0 Å². The van der Waals surface area contributed by atoms with E-state index in [0.29, 0.717) is 30.8 Å². The number of nitrogens with zero attached hydrogens (tertiary/aromatic N) is 1. The Balaban J connectivity index is 2.17. The van der Waals surface area contributed by atoms with Gasteiger partial charge in [0.1, 0.15) is 6.04 Å². The van der Waals surface area contributed by atoms with Gasteiger partial charge in [0.05, 0.1) is 0 Å². The third-order valence-corrected chi connectivity index (χ3v) is 5.39. The van der Waals surface area contributed by atoms with Crippen LogP contribution in [0.1, 0.15) is 57.2 Å². The van der Waals surface area contributed by atoms with Crippen LogP contribution in [0.15, 0.2) is 48.5 Å². The highest BCUT2D eigenvalue weighted by Crippen LogP contribution is 2.17. The standard InChI is InChI=1S/C25H33ClN2O2/c1-5-19-7-9-20(10-8-19)13-16-24(29)28(17-21-11-14-22(26)15-12-21)23(6-2)25(30)27-18(3)4/h7-12,14-15,18,23H,5-6,13,16-17H2,1-4H3,(H,27,30)/t23-/m0/s1. The number of hydrogen-bond acceptors (Lipinski definition) is 2. The van der Waals surface area contributed by atoms with Crippen molar-refractivity contribution in [1.29, 1.82) is 0 Å². The zero-order valence-corrected chi connectivity index (χ0v) is 19.2. The molecule has 0 aliphatic carbocycles. The predicted molar refractivity (Wildman–Crippen MR) is 124 cm³/mol. The predicted octanol–water partition coefficient (Wildman–Crippen LogP) is 5.17. The van der Waals surface area contributed by atoms with E-state index in [1.54, 1.807) is 4.90 Å². The molecule has 1 N–H and O–H groups in total. The van der Waals surface area contributed by atoms with Crippen LogP contribution in [-0.2, 0) is 29.0 Å². The molecule has 2 aromatic rings. The molecule has 0 spiro atoms. The monoisotopic (exact) mass is 428 g/mol. The Morgan fingerprint density at radius 3 is 2.03 bits per heavy atom. The van der Waals surface area contributed by atoms with Crippen molar-refractivity contribution in [2.24, 2.45) is 0 Å². The largest absolute Gasteiger partial charge is 0.352 e. The van der Waals surface area contributed by atoms with Crippen LogP contribution in [0.4, 0.5) is 0 Å². The number of halogens is 1. The third-order valence-electron chi connectivity index (χ3n) is 5.14. The molecule has 0 saturated carbocycles. The lowest BCUT2D eigenvalue weighted by molar-refractivity contribution is -0.141. The van der Waals surface area contributed by atoms with Crippen molar-refractivity contribution < 1.29 is 9.59 Å². The second-order valence-electron chi connectivity index (χ2n) is 7.91. The molecule has 0 bridgehead atoms. The summed E-state index contributed by atoms with van der Waals surface area (Å²) in [5.74, 6) is -0.127. The molecular formula is C25H33ClN2O2. The molecule has 30 heavy (non-hydrogen) atoms. The van der Waals surface area contributed by atoms with E-state index in [0.717, 1.165) is 17.5 Å². The summed E-state index contributed by atoms with van der Waals surface area (Å²) in [6.07, 6.45) is 2.58. The second kappa shape index (κ2) is 11.8. The lowest BCUT2D eigenvalue weighted by atomic mass is 10.0. The molecule has 0 heterocycles. The summed E-state index contributed by atoms with van der Waals surface area (Å²) in [4.78, 5) is 27.7. The maximum atomic E-state index is 13.2. The van der Waals surface area contributed by atoms with Crippen molar-refractivity contribution in [1.82, 2.24) is 10.2 Å². The number of nitrogens with one attached hydrogen (secondary N) is 1. The van der Waals surface area contributed by atoms with Crippen LogP contribution in [0, 0.1) is 0 Å². The maximum Gasteiger partial charge on any atom is 0.243 e. The fourth-order valence-electron chi connectivity index (χ4n) is 3.42. The summed E-state index contributed by atoms with van der Waals surface area (Å²) in [6, 6.07) is 15.3. The molecule has 0 fully saturated rings. The van der Waals surface area contributed by atoms with Gasteiger partial charge in [-0.3, -0.25) is 9.59 Å². The van der Waals surface area contributed by atoms with Gasteiger partial charge in [0, 0.05) is 24.0 Å². The number of rotatable bonds is 10. The number of carbonyl (C=O) groups excluding carboxylic acids is 2. The Bertz CT molecular complexity index is 816. The smallest absolute Gasteiger partial charge is 0.243 e. The van der Waals surface area contributed by atoms with Crippen molar-refractivity contribution in [3.05, 3.63) is 70.2 Å². The SMILES string of the molecule is CCc1ccc(CCC(=O)N(Cc2ccc(Cl)cc2)[C@@H](CC)C(=O)NC(C)C)cc1. The zero-order valence-electron chi connectivity index (χ0n) is 18.5. The summed E-state index contributed by atoms with van der Waals surface area (Å²) in [5, 5.41) is 3.61. The molecule has 2 rings (SSSR count). The van der Waals surface area contributed by atoms with Crippen LogP contribution in [0.3, 0.4) is 0 Å². The summed E-state index contributed by atoms with van der Waals surface area (Å²) >= 11 is 6.00. The number of hydrogen-bond donors (Lipinski definition) is 1. The van der Waals surface area contributed by atoms with Crippen LogP contribution in [0.2, 0.25) is 5.02 Å². The zero-order chi connectivity index (χ0) is 22.1. The summed E-state index contributed by atoms with van der Waals surface area (Å²) < 4.78 is 0. The number of carbonyl (C=O) groups is 2. The van der Waals surface area contributed by atoms with Gasteiger partial charge in [0.2, 0.25) is 11.8 Å². The minimum Gasteiger partial charge on any atom is -0.352 e. The maximum absolute atomic E-state index is 13.2. The highest BCUT2D eigenvalue weighted by Gasteiger charge is 2.28. The van der Waals surface area contributed by atoms with Crippen LogP contribution >= 0.6 is 11.6 Å². The molecule has 5 heteroatoms. The van der Waals surface area contributed by atoms with E-state index < -0.39 is 6.04 Å². The molecule has 2 aromatic carbocycles. The van der Waals surface area contributed by atoms with Crippen LogP contribution < -0.4 is 5.32 Å². The Morgan fingerprint density at radius 2 is 1.50 bits per heavy atom. The third kappa shape index (κ3) is 7.17. The van der Waals surface area contributed by atoms with Gasteiger partial charge < -0.3 is 10.2 Å². The van der Waals surface area contributed by atoms with E-state index in [-0.39, 0.29) is 17.9 Å². The number of benzene rings is 2.